The fourth-order valence-corrected chi connectivity index (χ4v) is 2.12. The molecule has 0 aliphatic rings. The summed E-state index contributed by atoms with van der Waals surface area (Å²) in [6.07, 6.45) is 0.0797. The molecule has 0 radical (unpaired) electrons. The van der Waals surface area contributed by atoms with Crippen LogP contribution >= 0.6 is 0 Å². The molecule has 2 rings (SSSR count). The first-order valence-electron chi connectivity index (χ1n) is 6.11. The van der Waals surface area contributed by atoms with Gasteiger partial charge in [-0.15, -0.1) is 0 Å². The van der Waals surface area contributed by atoms with E-state index in [4.69, 9.17) is 9.84 Å². The lowest BCUT2D eigenvalue weighted by atomic mass is 9.88. The molecular weight excluding hydrogens is 240 g/mol. The zero-order chi connectivity index (χ0) is 13.7. The van der Waals surface area contributed by atoms with Crippen LogP contribution in [0.25, 0.3) is 0 Å². The van der Waals surface area contributed by atoms with Gasteiger partial charge in [-0.3, -0.25) is 4.79 Å². The Hall–Kier alpha value is -2.29. The molecule has 19 heavy (non-hydrogen) atoms. The van der Waals surface area contributed by atoms with Crippen LogP contribution in [-0.2, 0) is 4.79 Å². The topological polar surface area (TPSA) is 46.5 Å². The minimum atomic E-state index is -0.801. The van der Waals surface area contributed by atoms with Crippen LogP contribution in [-0.4, -0.2) is 18.2 Å². The summed E-state index contributed by atoms with van der Waals surface area (Å²) in [4.78, 5) is 11.1. The Morgan fingerprint density at radius 2 is 1.63 bits per heavy atom. The first kappa shape index (κ1) is 13.1. The molecule has 2 aromatic rings. The molecule has 1 N–H and O–H groups in total. The number of benzene rings is 2. The van der Waals surface area contributed by atoms with Crippen LogP contribution in [0.3, 0.4) is 0 Å². The minimum Gasteiger partial charge on any atom is -0.497 e. The molecule has 0 aromatic heterocycles. The predicted octanol–water partition coefficient (Wildman–Crippen LogP) is 3.30. The summed E-state index contributed by atoms with van der Waals surface area (Å²) in [6.45, 7) is 0. The third kappa shape index (κ3) is 3.35. The maximum absolute atomic E-state index is 11.1. The van der Waals surface area contributed by atoms with E-state index in [1.165, 1.54) is 0 Å². The van der Waals surface area contributed by atoms with Gasteiger partial charge in [0.15, 0.2) is 0 Å². The molecule has 0 saturated heterocycles. The highest BCUT2D eigenvalue weighted by molar-refractivity contribution is 5.69. The minimum absolute atomic E-state index is 0.0797. The van der Waals surface area contributed by atoms with Crippen LogP contribution < -0.4 is 4.74 Å². The van der Waals surface area contributed by atoms with Crippen molar-refractivity contribution in [3.63, 3.8) is 0 Å². The molecule has 1 atom stereocenters. The zero-order valence-corrected chi connectivity index (χ0v) is 10.7. The standard InChI is InChI=1S/C16H16O3/c1-19-14-9-7-13(8-10-14)15(11-16(17)18)12-5-3-2-4-6-12/h2-10,15H,11H2,1H3,(H,17,18). The Balaban J connectivity index is 2.34. The highest BCUT2D eigenvalue weighted by atomic mass is 16.5. The summed E-state index contributed by atoms with van der Waals surface area (Å²) in [7, 11) is 1.61. The summed E-state index contributed by atoms with van der Waals surface area (Å²) in [6, 6.07) is 17.2. The molecule has 0 saturated carbocycles. The van der Waals surface area contributed by atoms with E-state index in [-0.39, 0.29) is 12.3 Å². The second-order valence-electron chi connectivity index (χ2n) is 4.33. The van der Waals surface area contributed by atoms with Gasteiger partial charge < -0.3 is 9.84 Å². The Morgan fingerprint density at radius 1 is 1.05 bits per heavy atom. The lowest BCUT2D eigenvalue weighted by Crippen LogP contribution is -2.07. The van der Waals surface area contributed by atoms with Crippen molar-refractivity contribution < 1.29 is 14.6 Å². The number of ether oxygens (including phenoxy) is 1. The monoisotopic (exact) mass is 256 g/mol. The van der Waals surface area contributed by atoms with Crippen molar-refractivity contribution in [1.82, 2.24) is 0 Å². The molecule has 0 aliphatic carbocycles. The fourth-order valence-electron chi connectivity index (χ4n) is 2.12. The van der Waals surface area contributed by atoms with Gasteiger partial charge in [0.25, 0.3) is 0 Å². The van der Waals surface area contributed by atoms with Gasteiger partial charge in [0, 0.05) is 5.92 Å². The van der Waals surface area contributed by atoms with Crippen molar-refractivity contribution in [3.8, 4) is 5.75 Å². The van der Waals surface area contributed by atoms with E-state index in [1.807, 2.05) is 54.6 Å². The molecule has 0 heterocycles. The Morgan fingerprint density at radius 3 is 2.16 bits per heavy atom. The smallest absolute Gasteiger partial charge is 0.304 e. The van der Waals surface area contributed by atoms with E-state index in [0.717, 1.165) is 16.9 Å². The molecule has 0 spiro atoms. The number of methoxy groups -OCH3 is 1. The molecule has 0 fully saturated rings. The molecule has 3 heteroatoms. The number of carboxylic acid groups (broad SMARTS) is 1. The molecular formula is C16H16O3. The van der Waals surface area contributed by atoms with E-state index >= 15 is 0 Å². The van der Waals surface area contributed by atoms with Crippen molar-refractivity contribution >= 4 is 5.97 Å². The van der Waals surface area contributed by atoms with Gasteiger partial charge >= 0.3 is 5.97 Å². The third-order valence-electron chi connectivity index (χ3n) is 3.10. The fraction of sp³-hybridized carbons (Fsp3) is 0.188. The van der Waals surface area contributed by atoms with Gasteiger partial charge in [0.2, 0.25) is 0 Å². The zero-order valence-electron chi connectivity index (χ0n) is 10.7. The van der Waals surface area contributed by atoms with Gasteiger partial charge in [-0.1, -0.05) is 42.5 Å². The average molecular weight is 256 g/mol. The maximum atomic E-state index is 11.1. The first-order valence-corrected chi connectivity index (χ1v) is 6.11. The van der Waals surface area contributed by atoms with Crippen LogP contribution in [0.2, 0.25) is 0 Å². The summed E-state index contributed by atoms with van der Waals surface area (Å²) in [5.41, 5.74) is 1.99. The molecule has 2 aromatic carbocycles. The number of carbonyl (C=O) groups is 1. The SMILES string of the molecule is COc1ccc(C(CC(=O)O)c2ccccc2)cc1. The van der Waals surface area contributed by atoms with Gasteiger partial charge in [-0.05, 0) is 23.3 Å². The lowest BCUT2D eigenvalue weighted by Gasteiger charge is -2.16. The van der Waals surface area contributed by atoms with Crippen molar-refractivity contribution in [2.75, 3.05) is 7.11 Å². The van der Waals surface area contributed by atoms with E-state index in [1.54, 1.807) is 7.11 Å². The average Bonchev–Trinajstić information content (AvgIpc) is 2.46. The molecule has 0 bridgehead atoms. The highest BCUT2D eigenvalue weighted by Crippen LogP contribution is 2.29. The van der Waals surface area contributed by atoms with E-state index in [9.17, 15) is 4.79 Å². The van der Waals surface area contributed by atoms with E-state index in [2.05, 4.69) is 0 Å². The third-order valence-corrected chi connectivity index (χ3v) is 3.10. The Labute approximate surface area is 112 Å². The van der Waals surface area contributed by atoms with Gasteiger partial charge in [0.05, 0.1) is 13.5 Å². The van der Waals surface area contributed by atoms with E-state index < -0.39 is 5.97 Å². The number of rotatable bonds is 5. The van der Waals surface area contributed by atoms with Crippen LogP contribution in [0.15, 0.2) is 54.6 Å². The molecule has 3 nitrogen and oxygen atoms in total. The number of hydrogen-bond donors (Lipinski definition) is 1. The Bertz CT molecular complexity index is 532. The largest absolute Gasteiger partial charge is 0.497 e. The maximum Gasteiger partial charge on any atom is 0.304 e. The van der Waals surface area contributed by atoms with Crippen molar-refractivity contribution in [1.29, 1.82) is 0 Å². The van der Waals surface area contributed by atoms with Crippen molar-refractivity contribution in [2.24, 2.45) is 0 Å². The second kappa shape index (κ2) is 6.05. The highest BCUT2D eigenvalue weighted by Gasteiger charge is 2.17. The molecule has 0 aliphatic heterocycles. The summed E-state index contributed by atoms with van der Waals surface area (Å²) < 4.78 is 5.12. The lowest BCUT2D eigenvalue weighted by molar-refractivity contribution is -0.137. The van der Waals surface area contributed by atoms with Gasteiger partial charge in [-0.2, -0.15) is 0 Å². The number of aliphatic carboxylic acids is 1. The number of hydrogen-bond acceptors (Lipinski definition) is 2. The van der Waals surface area contributed by atoms with Crippen molar-refractivity contribution in [3.05, 3.63) is 65.7 Å². The predicted molar refractivity (Wildman–Crippen MR) is 73.5 cm³/mol. The summed E-state index contributed by atoms with van der Waals surface area (Å²) >= 11 is 0. The van der Waals surface area contributed by atoms with Crippen LogP contribution in [0, 0.1) is 0 Å². The van der Waals surface area contributed by atoms with Crippen LogP contribution in [0.4, 0.5) is 0 Å². The normalized spacial score (nSPS) is 11.8. The van der Waals surface area contributed by atoms with Crippen molar-refractivity contribution in [2.45, 2.75) is 12.3 Å². The van der Waals surface area contributed by atoms with Crippen LogP contribution in [0.5, 0.6) is 5.75 Å². The second-order valence-corrected chi connectivity index (χ2v) is 4.33. The quantitative estimate of drug-likeness (QED) is 0.892. The van der Waals surface area contributed by atoms with Gasteiger partial charge in [-0.25, -0.2) is 0 Å². The van der Waals surface area contributed by atoms with Crippen LogP contribution in [0.1, 0.15) is 23.5 Å². The first-order chi connectivity index (χ1) is 9.20. The summed E-state index contributed by atoms with van der Waals surface area (Å²) in [5.74, 6) is -0.167. The Kier molecular flexibility index (Phi) is 4.18. The van der Waals surface area contributed by atoms with E-state index in [0.29, 0.717) is 0 Å². The number of carboxylic acids is 1. The molecule has 1 unspecified atom stereocenters. The molecule has 98 valence electrons. The summed E-state index contributed by atoms with van der Waals surface area (Å²) in [5, 5.41) is 9.08. The molecule has 0 amide bonds. The van der Waals surface area contributed by atoms with Gasteiger partial charge in [0.1, 0.15) is 5.75 Å².